The molecule has 0 aliphatic carbocycles. The van der Waals surface area contributed by atoms with Crippen LogP contribution in [-0.2, 0) is 4.79 Å². The second-order valence-electron chi connectivity index (χ2n) is 7.32. The summed E-state index contributed by atoms with van der Waals surface area (Å²) in [5, 5.41) is 3.98. The maximum absolute atomic E-state index is 12.7. The molecule has 2 aliphatic rings. The van der Waals surface area contributed by atoms with E-state index in [4.69, 9.17) is 14.5 Å². The standard InChI is InChI=1S/C21H22N4O3S/c1-24-8-10-25(11-9-24)21-23-15-7-6-14(12-19(15)29-21)22-20(26)18-13-27-16-4-2-3-5-17(16)28-18/h2-7,12,18H,8-11,13H2,1H3,(H,22,26)/t18-/m0/s1. The van der Waals surface area contributed by atoms with E-state index in [9.17, 15) is 4.79 Å². The van der Waals surface area contributed by atoms with Gasteiger partial charge >= 0.3 is 0 Å². The number of thiazole rings is 1. The van der Waals surface area contributed by atoms with Crippen LogP contribution in [0.25, 0.3) is 10.2 Å². The first-order chi connectivity index (χ1) is 14.2. The zero-order chi connectivity index (χ0) is 19.8. The fraction of sp³-hybridized carbons (Fsp3) is 0.333. The molecule has 5 rings (SSSR count). The number of ether oxygens (including phenoxy) is 2. The Bertz CT molecular complexity index is 1050. The quantitative estimate of drug-likeness (QED) is 0.716. The number of aromatic nitrogens is 1. The molecule has 0 saturated carbocycles. The van der Waals surface area contributed by atoms with Crippen LogP contribution in [0.15, 0.2) is 42.5 Å². The molecule has 29 heavy (non-hydrogen) atoms. The summed E-state index contributed by atoms with van der Waals surface area (Å²) in [6, 6.07) is 13.2. The number of carbonyl (C=O) groups is 1. The Hall–Kier alpha value is -2.84. The van der Waals surface area contributed by atoms with Crippen LogP contribution in [0.3, 0.4) is 0 Å². The van der Waals surface area contributed by atoms with Crippen LogP contribution < -0.4 is 19.7 Å². The minimum atomic E-state index is -0.678. The molecule has 0 radical (unpaired) electrons. The van der Waals surface area contributed by atoms with Gasteiger partial charge in [-0.25, -0.2) is 4.98 Å². The summed E-state index contributed by atoms with van der Waals surface area (Å²) in [5.74, 6) is 1.04. The molecule has 3 heterocycles. The number of nitrogens with one attached hydrogen (secondary N) is 1. The fourth-order valence-corrected chi connectivity index (χ4v) is 4.55. The Kier molecular flexibility index (Phi) is 4.73. The van der Waals surface area contributed by atoms with Gasteiger partial charge < -0.3 is 24.6 Å². The van der Waals surface area contributed by atoms with Gasteiger partial charge in [0.2, 0.25) is 6.10 Å². The third-order valence-corrected chi connectivity index (χ3v) is 6.30. The Labute approximate surface area is 172 Å². The summed E-state index contributed by atoms with van der Waals surface area (Å²) >= 11 is 1.66. The number of hydrogen-bond acceptors (Lipinski definition) is 7. The number of piperazine rings is 1. The van der Waals surface area contributed by atoms with Gasteiger partial charge in [-0.2, -0.15) is 0 Å². The van der Waals surface area contributed by atoms with E-state index < -0.39 is 6.10 Å². The van der Waals surface area contributed by atoms with Crippen LogP contribution in [0.2, 0.25) is 0 Å². The van der Waals surface area contributed by atoms with Gasteiger partial charge in [0.15, 0.2) is 16.6 Å². The molecule has 0 spiro atoms. The minimum Gasteiger partial charge on any atom is -0.485 e. The number of nitrogens with zero attached hydrogens (tertiary/aromatic N) is 3. The number of carbonyl (C=O) groups excluding carboxylic acids is 1. The van der Waals surface area contributed by atoms with E-state index in [1.807, 2.05) is 36.4 Å². The summed E-state index contributed by atoms with van der Waals surface area (Å²) in [5.41, 5.74) is 1.69. The summed E-state index contributed by atoms with van der Waals surface area (Å²) in [6.45, 7) is 4.26. The predicted octanol–water partition coefficient (Wildman–Crippen LogP) is 2.83. The molecule has 1 amide bonds. The molecule has 0 bridgehead atoms. The topological polar surface area (TPSA) is 66.9 Å². The van der Waals surface area contributed by atoms with E-state index in [2.05, 4.69) is 22.2 Å². The van der Waals surface area contributed by atoms with E-state index in [1.54, 1.807) is 17.4 Å². The second-order valence-corrected chi connectivity index (χ2v) is 8.33. The molecular weight excluding hydrogens is 388 g/mol. The Balaban J connectivity index is 1.29. The molecule has 8 heteroatoms. The average Bonchev–Trinajstić information content (AvgIpc) is 3.17. The van der Waals surface area contributed by atoms with E-state index in [1.165, 1.54) is 0 Å². The number of rotatable bonds is 3. The molecule has 2 aliphatic heterocycles. The zero-order valence-electron chi connectivity index (χ0n) is 16.1. The molecule has 1 aromatic heterocycles. The van der Waals surface area contributed by atoms with Crippen LogP contribution >= 0.6 is 11.3 Å². The number of amides is 1. The van der Waals surface area contributed by atoms with Crippen LogP contribution in [-0.4, -0.2) is 61.7 Å². The molecule has 1 N–H and O–H groups in total. The van der Waals surface area contributed by atoms with Gasteiger partial charge in [-0.05, 0) is 37.4 Å². The molecule has 3 aromatic rings. The van der Waals surface area contributed by atoms with E-state index in [0.717, 1.165) is 47.2 Å². The number of para-hydroxylation sites is 2. The molecule has 7 nitrogen and oxygen atoms in total. The lowest BCUT2D eigenvalue weighted by Gasteiger charge is -2.31. The van der Waals surface area contributed by atoms with Crippen molar-refractivity contribution < 1.29 is 14.3 Å². The fourth-order valence-electron chi connectivity index (χ4n) is 3.49. The molecule has 1 fully saturated rings. The van der Waals surface area contributed by atoms with Crippen molar-refractivity contribution in [3.63, 3.8) is 0 Å². The highest BCUT2D eigenvalue weighted by molar-refractivity contribution is 7.22. The highest BCUT2D eigenvalue weighted by Gasteiger charge is 2.27. The first kappa shape index (κ1) is 18.2. The van der Waals surface area contributed by atoms with Crippen molar-refractivity contribution in [1.82, 2.24) is 9.88 Å². The van der Waals surface area contributed by atoms with Crippen LogP contribution in [0, 0.1) is 0 Å². The number of hydrogen-bond donors (Lipinski definition) is 1. The van der Waals surface area contributed by atoms with Crippen molar-refractivity contribution in [2.75, 3.05) is 50.1 Å². The lowest BCUT2D eigenvalue weighted by atomic mass is 10.2. The van der Waals surface area contributed by atoms with Gasteiger partial charge in [0, 0.05) is 31.9 Å². The number of benzene rings is 2. The Morgan fingerprint density at radius 2 is 1.93 bits per heavy atom. The number of likely N-dealkylation sites (N-methyl/N-ethyl adjacent to an activating group) is 1. The van der Waals surface area contributed by atoms with E-state index in [-0.39, 0.29) is 12.5 Å². The minimum absolute atomic E-state index is 0.194. The lowest BCUT2D eigenvalue weighted by molar-refractivity contribution is -0.125. The molecule has 1 atom stereocenters. The van der Waals surface area contributed by atoms with Gasteiger partial charge in [-0.3, -0.25) is 4.79 Å². The van der Waals surface area contributed by atoms with Crippen LogP contribution in [0.5, 0.6) is 11.5 Å². The van der Waals surface area contributed by atoms with Gasteiger partial charge in [0.1, 0.15) is 6.61 Å². The van der Waals surface area contributed by atoms with Gasteiger partial charge in [0.25, 0.3) is 5.91 Å². The first-order valence-electron chi connectivity index (χ1n) is 9.69. The van der Waals surface area contributed by atoms with Crippen molar-refractivity contribution in [1.29, 1.82) is 0 Å². The van der Waals surface area contributed by atoms with Crippen molar-refractivity contribution in [3.05, 3.63) is 42.5 Å². The summed E-state index contributed by atoms with van der Waals surface area (Å²) < 4.78 is 12.5. The van der Waals surface area contributed by atoms with Crippen molar-refractivity contribution in [2.45, 2.75) is 6.10 Å². The predicted molar refractivity (Wildman–Crippen MR) is 114 cm³/mol. The highest BCUT2D eigenvalue weighted by atomic mass is 32.1. The molecular formula is C21H22N4O3S. The maximum atomic E-state index is 12.7. The van der Waals surface area contributed by atoms with Gasteiger partial charge in [-0.15, -0.1) is 0 Å². The third-order valence-electron chi connectivity index (χ3n) is 5.22. The van der Waals surface area contributed by atoms with Crippen molar-refractivity contribution in [2.24, 2.45) is 0 Å². The molecule has 2 aromatic carbocycles. The molecule has 150 valence electrons. The largest absolute Gasteiger partial charge is 0.485 e. The van der Waals surface area contributed by atoms with Gasteiger partial charge in [-0.1, -0.05) is 23.5 Å². The number of fused-ring (bicyclic) bond motifs is 2. The third kappa shape index (κ3) is 3.73. The average molecular weight is 410 g/mol. The molecule has 1 saturated heterocycles. The van der Waals surface area contributed by atoms with E-state index in [0.29, 0.717) is 11.5 Å². The number of anilines is 2. The summed E-state index contributed by atoms with van der Waals surface area (Å²) in [4.78, 5) is 22.1. The second kappa shape index (κ2) is 7.53. The van der Waals surface area contributed by atoms with Crippen molar-refractivity contribution in [3.8, 4) is 11.5 Å². The molecule has 0 unspecified atom stereocenters. The first-order valence-corrected chi connectivity index (χ1v) is 10.5. The van der Waals surface area contributed by atoms with Crippen LogP contribution in [0.4, 0.5) is 10.8 Å². The Morgan fingerprint density at radius 1 is 1.14 bits per heavy atom. The van der Waals surface area contributed by atoms with Gasteiger partial charge in [0.05, 0.1) is 10.2 Å². The van der Waals surface area contributed by atoms with Crippen LogP contribution in [0.1, 0.15) is 0 Å². The van der Waals surface area contributed by atoms with Crippen molar-refractivity contribution >= 4 is 38.3 Å². The monoisotopic (exact) mass is 410 g/mol. The summed E-state index contributed by atoms with van der Waals surface area (Å²) in [7, 11) is 2.14. The zero-order valence-corrected chi connectivity index (χ0v) is 16.9. The maximum Gasteiger partial charge on any atom is 0.269 e. The normalized spacial score (nSPS) is 19.3. The smallest absolute Gasteiger partial charge is 0.269 e. The SMILES string of the molecule is CN1CCN(c2nc3ccc(NC(=O)[C@@H]4COc5ccccc5O4)cc3s2)CC1. The Morgan fingerprint density at radius 3 is 2.76 bits per heavy atom. The van der Waals surface area contributed by atoms with E-state index >= 15 is 0 Å². The lowest BCUT2D eigenvalue weighted by Crippen LogP contribution is -2.44. The summed E-state index contributed by atoms with van der Waals surface area (Å²) in [6.07, 6.45) is -0.678. The highest BCUT2D eigenvalue weighted by Crippen LogP contribution is 2.33.